The Kier molecular flexibility index (Phi) is 2.18. The minimum absolute atomic E-state index is 0.320. The molecule has 0 aliphatic rings. The third-order valence-electron chi connectivity index (χ3n) is 1.88. The van der Waals surface area contributed by atoms with Gasteiger partial charge in [-0.15, -0.1) is 0 Å². The van der Waals surface area contributed by atoms with Crippen LogP contribution in [0.1, 0.15) is 27.0 Å². The highest BCUT2D eigenvalue weighted by molar-refractivity contribution is 5.89. The highest BCUT2D eigenvalue weighted by Crippen LogP contribution is 2.14. The van der Waals surface area contributed by atoms with Crippen molar-refractivity contribution in [3.05, 3.63) is 34.4 Å². The van der Waals surface area contributed by atoms with Crippen molar-refractivity contribution in [2.75, 3.05) is 0 Å². The normalized spacial score (nSPS) is 9.92. The summed E-state index contributed by atoms with van der Waals surface area (Å²) in [7, 11) is 0. The average Bonchev–Trinajstić information content (AvgIpc) is 1.82. The molecule has 0 bridgehead atoms. The van der Waals surface area contributed by atoms with Gasteiger partial charge >= 0.3 is 0 Å². The van der Waals surface area contributed by atoms with Gasteiger partial charge in [-0.3, -0.25) is 0 Å². The highest BCUT2D eigenvalue weighted by Gasteiger charge is 2.03. The second kappa shape index (κ2) is 2.97. The Bertz CT molecular complexity index is 304. The Hall–Kier alpha value is -1.31. The first kappa shape index (κ1) is 8.78. The molecule has 0 radical (unpaired) electrons. The van der Waals surface area contributed by atoms with Crippen LogP contribution in [0.5, 0.6) is 0 Å². The third-order valence-corrected chi connectivity index (χ3v) is 1.88. The number of aromatic carboxylic acids is 1. The Morgan fingerprint density at radius 1 is 1.17 bits per heavy atom. The third kappa shape index (κ3) is 1.47. The summed E-state index contributed by atoms with van der Waals surface area (Å²) < 4.78 is 0. The van der Waals surface area contributed by atoms with E-state index in [2.05, 4.69) is 0 Å². The van der Waals surface area contributed by atoms with Crippen LogP contribution in [0.25, 0.3) is 0 Å². The summed E-state index contributed by atoms with van der Waals surface area (Å²) in [5.74, 6) is -1.09. The second-order valence-electron chi connectivity index (χ2n) is 3.06. The SMILES string of the molecule is Cc1cc(C)c(C(=O)[O-])c(C)c1. The van der Waals surface area contributed by atoms with Crippen LogP contribution in [0.3, 0.4) is 0 Å². The molecule has 0 N–H and O–H groups in total. The van der Waals surface area contributed by atoms with E-state index in [1.807, 2.05) is 19.1 Å². The number of benzene rings is 1. The number of aryl methyl sites for hydroxylation is 3. The van der Waals surface area contributed by atoms with Crippen LogP contribution in [0.15, 0.2) is 12.1 Å². The van der Waals surface area contributed by atoms with Crippen LogP contribution in [-0.2, 0) is 0 Å². The topological polar surface area (TPSA) is 40.1 Å². The predicted molar refractivity (Wildman–Crippen MR) is 45.0 cm³/mol. The Morgan fingerprint density at radius 2 is 1.58 bits per heavy atom. The Balaban J connectivity index is 3.38. The largest absolute Gasteiger partial charge is 0.545 e. The Morgan fingerprint density at radius 3 is 1.92 bits per heavy atom. The van der Waals surface area contributed by atoms with Crippen LogP contribution in [0.2, 0.25) is 0 Å². The van der Waals surface area contributed by atoms with Gasteiger partial charge in [0, 0.05) is 5.56 Å². The van der Waals surface area contributed by atoms with Crippen molar-refractivity contribution in [3.8, 4) is 0 Å². The summed E-state index contributed by atoms with van der Waals surface area (Å²) in [5, 5.41) is 10.6. The highest BCUT2D eigenvalue weighted by atomic mass is 16.4. The molecule has 2 nitrogen and oxygen atoms in total. The molecule has 0 aromatic heterocycles. The van der Waals surface area contributed by atoms with E-state index in [1.165, 1.54) is 0 Å². The van der Waals surface area contributed by atoms with Gasteiger partial charge in [-0.1, -0.05) is 17.7 Å². The van der Waals surface area contributed by atoms with E-state index in [-0.39, 0.29) is 0 Å². The van der Waals surface area contributed by atoms with Crippen molar-refractivity contribution in [2.24, 2.45) is 0 Å². The fourth-order valence-electron chi connectivity index (χ4n) is 1.50. The number of rotatable bonds is 1. The summed E-state index contributed by atoms with van der Waals surface area (Å²) in [6.45, 7) is 5.51. The molecule has 0 spiro atoms. The van der Waals surface area contributed by atoms with Gasteiger partial charge in [-0.2, -0.15) is 0 Å². The molecule has 64 valence electrons. The van der Waals surface area contributed by atoms with Gasteiger partial charge in [0.15, 0.2) is 0 Å². The first-order valence-corrected chi connectivity index (χ1v) is 3.81. The maximum atomic E-state index is 10.6. The number of hydrogen-bond acceptors (Lipinski definition) is 2. The van der Waals surface area contributed by atoms with Crippen LogP contribution < -0.4 is 5.11 Å². The fraction of sp³-hybridized carbons (Fsp3) is 0.300. The van der Waals surface area contributed by atoms with E-state index >= 15 is 0 Å². The molecule has 1 aromatic rings. The lowest BCUT2D eigenvalue weighted by Gasteiger charge is -2.11. The van der Waals surface area contributed by atoms with Crippen LogP contribution >= 0.6 is 0 Å². The number of carbonyl (C=O) groups excluding carboxylic acids is 1. The van der Waals surface area contributed by atoms with Crippen molar-refractivity contribution < 1.29 is 9.90 Å². The van der Waals surface area contributed by atoms with Crippen LogP contribution in [0.4, 0.5) is 0 Å². The van der Waals surface area contributed by atoms with Gasteiger partial charge in [0.2, 0.25) is 0 Å². The van der Waals surface area contributed by atoms with Gasteiger partial charge < -0.3 is 9.90 Å². The first-order valence-electron chi connectivity index (χ1n) is 3.81. The monoisotopic (exact) mass is 163 g/mol. The van der Waals surface area contributed by atoms with Crippen molar-refractivity contribution in [1.29, 1.82) is 0 Å². The molecule has 0 heterocycles. The van der Waals surface area contributed by atoms with Gasteiger partial charge in [-0.05, 0) is 31.9 Å². The van der Waals surface area contributed by atoms with E-state index in [1.54, 1.807) is 13.8 Å². The lowest BCUT2D eigenvalue weighted by Crippen LogP contribution is -2.24. The molecule has 1 rings (SSSR count). The maximum absolute atomic E-state index is 10.6. The zero-order valence-electron chi connectivity index (χ0n) is 7.47. The Labute approximate surface area is 71.8 Å². The molecule has 0 unspecified atom stereocenters. The minimum Gasteiger partial charge on any atom is -0.545 e. The summed E-state index contributed by atoms with van der Waals surface area (Å²) in [4.78, 5) is 10.6. The number of hydrogen-bond donors (Lipinski definition) is 0. The minimum atomic E-state index is -1.09. The lowest BCUT2D eigenvalue weighted by molar-refractivity contribution is -0.255. The van der Waals surface area contributed by atoms with Crippen LogP contribution in [-0.4, -0.2) is 5.97 Å². The molecule has 0 aliphatic carbocycles. The van der Waals surface area contributed by atoms with E-state index in [0.29, 0.717) is 5.56 Å². The summed E-state index contributed by atoms with van der Waals surface area (Å²) in [6, 6.07) is 3.69. The zero-order chi connectivity index (χ0) is 9.30. The number of carboxylic acid groups (broad SMARTS) is 1. The first-order chi connectivity index (χ1) is 5.52. The van der Waals surface area contributed by atoms with Gasteiger partial charge in [-0.25, -0.2) is 0 Å². The molecular formula is C10H11O2-. The smallest absolute Gasteiger partial charge is 0.0720 e. The number of carbonyl (C=O) groups is 1. The van der Waals surface area contributed by atoms with E-state index in [9.17, 15) is 9.90 Å². The van der Waals surface area contributed by atoms with Gasteiger partial charge in [0.25, 0.3) is 0 Å². The molecular weight excluding hydrogens is 152 g/mol. The quantitative estimate of drug-likeness (QED) is 0.619. The molecule has 1 aromatic carbocycles. The molecule has 0 amide bonds. The van der Waals surface area contributed by atoms with Crippen molar-refractivity contribution >= 4 is 5.97 Å². The molecule has 0 fully saturated rings. The van der Waals surface area contributed by atoms with Crippen molar-refractivity contribution in [2.45, 2.75) is 20.8 Å². The molecule has 0 saturated carbocycles. The van der Waals surface area contributed by atoms with E-state index in [4.69, 9.17) is 0 Å². The molecule has 0 saturated heterocycles. The van der Waals surface area contributed by atoms with Crippen LogP contribution in [0, 0.1) is 20.8 Å². The predicted octanol–water partition coefficient (Wildman–Crippen LogP) is 0.975. The fourth-order valence-corrected chi connectivity index (χ4v) is 1.50. The maximum Gasteiger partial charge on any atom is 0.0720 e. The average molecular weight is 163 g/mol. The van der Waals surface area contributed by atoms with E-state index in [0.717, 1.165) is 16.7 Å². The molecule has 2 heteroatoms. The van der Waals surface area contributed by atoms with Crippen molar-refractivity contribution in [1.82, 2.24) is 0 Å². The second-order valence-corrected chi connectivity index (χ2v) is 3.06. The molecule has 0 atom stereocenters. The molecule has 0 aliphatic heterocycles. The zero-order valence-corrected chi connectivity index (χ0v) is 7.47. The lowest BCUT2D eigenvalue weighted by atomic mass is 10.0. The van der Waals surface area contributed by atoms with Gasteiger partial charge in [0.05, 0.1) is 5.97 Å². The summed E-state index contributed by atoms with van der Waals surface area (Å²) in [6.07, 6.45) is 0. The molecule has 12 heavy (non-hydrogen) atoms. The van der Waals surface area contributed by atoms with Gasteiger partial charge in [0.1, 0.15) is 0 Å². The summed E-state index contributed by atoms with van der Waals surface area (Å²) in [5.41, 5.74) is 2.94. The summed E-state index contributed by atoms with van der Waals surface area (Å²) >= 11 is 0. The van der Waals surface area contributed by atoms with E-state index < -0.39 is 5.97 Å². The number of carboxylic acids is 1. The standard InChI is InChI=1S/C10H12O2/c1-6-4-7(2)9(10(11)12)8(3)5-6/h4-5H,1-3H3,(H,11,12)/p-1. The van der Waals surface area contributed by atoms with Crippen molar-refractivity contribution in [3.63, 3.8) is 0 Å².